The molecular weight excluding hydrogens is 619 g/mol. The van der Waals surface area contributed by atoms with Gasteiger partial charge in [0.15, 0.2) is 11.6 Å². The molecule has 1 heterocycles. The molecule has 0 amide bonds. The van der Waals surface area contributed by atoms with Crippen LogP contribution in [0.15, 0.2) is 98.9 Å². The topological polar surface area (TPSA) is 188 Å². The summed E-state index contributed by atoms with van der Waals surface area (Å²) in [5.41, 5.74) is 9.10. The Kier molecular flexibility index (Phi) is 10.5. The normalized spacial score (nSPS) is 12.5. The largest absolute Gasteiger partial charge is 0.497 e. The van der Waals surface area contributed by atoms with Crippen LogP contribution in [0.2, 0.25) is 0 Å². The van der Waals surface area contributed by atoms with Gasteiger partial charge < -0.3 is 10.1 Å². The number of anilines is 4. The third-order valence-electron chi connectivity index (χ3n) is 6.43. The van der Waals surface area contributed by atoms with Crippen molar-refractivity contribution in [3.05, 3.63) is 90.0 Å². The molecule has 0 spiro atoms. The van der Waals surface area contributed by atoms with Gasteiger partial charge in [0.1, 0.15) is 5.75 Å². The number of hydrazone groups is 2. The van der Waals surface area contributed by atoms with Gasteiger partial charge in [0, 0.05) is 17.8 Å². The van der Waals surface area contributed by atoms with Gasteiger partial charge in [-0.2, -0.15) is 20.2 Å². The van der Waals surface area contributed by atoms with Crippen molar-refractivity contribution in [1.82, 2.24) is 19.4 Å². The van der Waals surface area contributed by atoms with Crippen molar-refractivity contribution in [2.24, 2.45) is 10.2 Å². The zero-order chi connectivity index (χ0) is 32.6. The SMILES string of the molecule is CNS(=O)(=O)c1ccc(C(C)=NNc2cc(NN=C(C)c3ccc(S(=O)(=O)NC)cc3)nc(Nc3cccc(OC)c3)n2)cc1. The summed E-state index contributed by atoms with van der Waals surface area (Å²) >= 11 is 0. The lowest BCUT2D eigenvalue weighted by Gasteiger charge is -2.11. The number of hydrogen-bond acceptors (Lipinski definition) is 12. The van der Waals surface area contributed by atoms with Crippen LogP contribution in [-0.2, 0) is 20.0 Å². The van der Waals surface area contributed by atoms with Crippen molar-refractivity contribution in [2.45, 2.75) is 23.6 Å². The molecule has 0 atom stereocenters. The average Bonchev–Trinajstić information content (AvgIpc) is 3.06. The molecule has 0 saturated heterocycles. The summed E-state index contributed by atoms with van der Waals surface area (Å²) in [6.45, 7) is 3.54. The van der Waals surface area contributed by atoms with E-state index in [2.05, 4.69) is 45.8 Å². The predicted molar refractivity (Wildman–Crippen MR) is 175 cm³/mol. The van der Waals surface area contributed by atoms with E-state index in [9.17, 15) is 16.8 Å². The van der Waals surface area contributed by atoms with Crippen LogP contribution in [0, 0.1) is 0 Å². The third kappa shape index (κ3) is 8.60. The smallest absolute Gasteiger partial charge is 0.240 e. The van der Waals surface area contributed by atoms with E-state index in [4.69, 9.17) is 4.74 Å². The van der Waals surface area contributed by atoms with Crippen LogP contribution in [0.25, 0.3) is 0 Å². The minimum atomic E-state index is -3.56. The van der Waals surface area contributed by atoms with Gasteiger partial charge >= 0.3 is 0 Å². The molecule has 236 valence electrons. The van der Waals surface area contributed by atoms with E-state index < -0.39 is 20.0 Å². The van der Waals surface area contributed by atoms with Crippen LogP contribution in [0.3, 0.4) is 0 Å². The maximum absolute atomic E-state index is 12.0. The number of nitrogens with one attached hydrogen (secondary N) is 5. The van der Waals surface area contributed by atoms with Crippen molar-refractivity contribution in [3.8, 4) is 5.75 Å². The summed E-state index contributed by atoms with van der Waals surface area (Å²) in [5.74, 6) is 1.55. The van der Waals surface area contributed by atoms with E-state index in [0.717, 1.165) is 0 Å². The molecule has 4 aromatic rings. The average molecular weight is 652 g/mol. The Bertz CT molecular complexity index is 1820. The first-order valence-corrected chi connectivity index (χ1v) is 16.4. The van der Waals surface area contributed by atoms with Crippen molar-refractivity contribution in [1.29, 1.82) is 0 Å². The molecule has 3 aromatic carbocycles. The number of ether oxygens (including phenoxy) is 1. The highest BCUT2D eigenvalue weighted by Crippen LogP contribution is 2.22. The van der Waals surface area contributed by atoms with E-state index in [1.807, 2.05) is 18.2 Å². The Morgan fingerprint density at radius 2 is 1.16 bits per heavy atom. The molecule has 0 aliphatic rings. The van der Waals surface area contributed by atoms with E-state index in [-0.39, 0.29) is 15.7 Å². The molecule has 0 saturated carbocycles. The zero-order valence-corrected chi connectivity index (χ0v) is 26.8. The minimum Gasteiger partial charge on any atom is -0.497 e. The van der Waals surface area contributed by atoms with Crippen LogP contribution in [0.5, 0.6) is 5.75 Å². The van der Waals surface area contributed by atoms with Gasteiger partial charge in [0.05, 0.1) is 28.3 Å². The van der Waals surface area contributed by atoms with Crippen LogP contribution in [0.1, 0.15) is 25.0 Å². The van der Waals surface area contributed by atoms with E-state index in [0.29, 0.717) is 45.6 Å². The number of hydrogen-bond donors (Lipinski definition) is 5. The highest BCUT2D eigenvalue weighted by Gasteiger charge is 2.13. The summed E-state index contributed by atoms with van der Waals surface area (Å²) in [4.78, 5) is 9.31. The van der Waals surface area contributed by atoms with Crippen LogP contribution in [-0.4, -0.2) is 59.4 Å². The number of rotatable bonds is 13. The second kappa shape index (κ2) is 14.3. The van der Waals surface area contributed by atoms with Crippen molar-refractivity contribution < 1.29 is 21.6 Å². The van der Waals surface area contributed by atoms with Crippen molar-refractivity contribution >= 4 is 54.7 Å². The molecule has 0 aliphatic carbocycles. The van der Waals surface area contributed by atoms with Crippen LogP contribution < -0.4 is 30.3 Å². The molecule has 14 nitrogen and oxygen atoms in total. The van der Waals surface area contributed by atoms with Gasteiger partial charge in [-0.3, -0.25) is 10.9 Å². The van der Waals surface area contributed by atoms with Gasteiger partial charge in [-0.1, -0.05) is 30.3 Å². The summed E-state index contributed by atoms with van der Waals surface area (Å²) in [7, 11) is -2.83. The van der Waals surface area contributed by atoms with Gasteiger partial charge in [0.25, 0.3) is 0 Å². The van der Waals surface area contributed by atoms with Gasteiger partial charge in [-0.15, -0.1) is 0 Å². The highest BCUT2D eigenvalue weighted by atomic mass is 32.2. The quantitative estimate of drug-likeness (QED) is 0.105. The summed E-state index contributed by atoms with van der Waals surface area (Å²) in [6, 6.07) is 21.5. The molecule has 0 aliphatic heterocycles. The van der Waals surface area contributed by atoms with Crippen LogP contribution >= 0.6 is 0 Å². The van der Waals surface area contributed by atoms with Crippen LogP contribution in [0.4, 0.5) is 23.3 Å². The lowest BCUT2D eigenvalue weighted by Crippen LogP contribution is -2.18. The van der Waals surface area contributed by atoms with Gasteiger partial charge in [-0.05, 0) is 75.5 Å². The Labute approximate surface area is 262 Å². The monoisotopic (exact) mass is 651 g/mol. The van der Waals surface area contributed by atoms with Crippen molar-refractivity contribution in [3.63, 3.8) is 0 Å². The fourth-order valence-corrected chi connectivity index (χ4v) is 5.31. The maximum atomic E-state index is 12.0. The second-order valence-corrected chi connectivity index (χ2v) is 13.2. The number of methoxy groups -OCH3 is 1. The predicted octanol–water partition coefficient (Wildman–Crippen LogP) is 3.72. The zero-order valence-electron chi connectivity index (χ0n) is 25.2. The van der Waals surface area contributed by atoms with Gasteiger partial charge in [0.2, 0.25) is 26.0 Å². The molecule has 0 fully saturated rings. The Morgan fingerprint density at radius 3 is 1.58 bits per heavy atom. The Hall–Kier alpha value is -4.90. The Morgan fingerprint density at radius 1 is 0.689 bits per heavy atom. The fraction of sp³-hybridized carbons (Fsp3) is 0.172. The number of nitrogens with zero attached hydrogens (tertiary/aromatic N) is 4. The number of benzene rings is 3. The molecule has 0 radical (unpaired) electrons. The molecule has 0 unspecified atom stereocenters. The first kappa shape index (κ1) is 33.0. The Balaban J connectivity index is 1.60. The van der Waals surface area contributed by atoms with Gasteiger partial charge in [-0.25, -0.2) is 26.3 Å². The molecule has 1 aromatic heterocycles. The molecule has 16 heteroatoms. The minimum absolute atomic E-state index is 0.143. The first-order valence-electron chi connectivity index (χ1n) is 13.4. The summed E-state index contributed by atoms with van der Waals surface area (Å²) < 4.78 is 58.0. The van der Waals surface area contributed by atoms with Crippen molar-refractivity contribution in [2.75, 3.05) is 37.4 Å². The third-order valence-corrected chi connectivity index (χ3v) is 9.29. The fourth-order valence-electron chi connectivity index (χ4n) is 3.85. The van der Waals surface area contributed by atoms with E-state index >= 15 is 0 Å². The molecule has 4 rings (SSSR count). The highest BCUT2D eigenvalue weighted by molar-refractivity contribution is 7.89. The standard InChI is InChI=1S/C29H33N9O5S2/c1-19(21-9-13-25(14-10-21)44(39,40)30-3)35-37-27-18-28(34-29(33-27)32-23-7-6-8-24(17-23)43-5)38-36-20(2)22-11-15-26(16-12-22)45(41,42)31-4/h6-18,30-31H,1-5H3,(H3,32,33,34,37,38). The maximum Gasteiger partial charge on any atom is 0.240 e. The summed E-state index contributed by atoms with van der Waals surface area (Å²) in [6.07, 6.45) is 0. The van der Waals surface area contributed by atoms with E-state index in [1.165, 1.54) is 38.4 Å². The number of aromatic nitrogens is 2. The second-order valence-electron chi connectivity index (χ2n) is 9.40. The molecule has 5 N–H and O–H groups in total. The summed E-state index contributed by atoms with van der Waals surface area (Å²) in [5, 5.41) is 12.0. The molecular formula is C29H33N9O5S2. The lowest BCUT2D eigenvalue weighted by atomic mass is 10.1. The first-order chi connectivity index (χ1) is 21.4. The lowest BCUT2D eigenvalue weighted by molar-refractivity contribution is 0.415. The molecule has 0 bridgehead atoms. The number of sulfonamides is 2. The van der Waals surface area contributed by atoms with E-state index in [1.54, 1.807) is 57.4 Å². The molecule has 45 heavy (non-hydrogen) atoms.